The predicted molar refractivity (Wildman–Crippen MR) is 93.7 cm³/mol. The number of methoxy groups -OCH3 is 1. The van der Waals surface area contributed by atoms with Crippen molar-refractivity contribution in [2.45, 2.75) is 19.3 Å². The summed E-state index contributed by atoms with van der Waals surface area (Å²) in [6, 6.07) is 7.75. The van der Waals surface area contributed by atoms with E-state index >= 15 is 0 Å². The standard InChI is InChI=1S/C17H16N4OS/c1-22-12-7-5-11(6-8-12)9-20-21-16-15-13-3-2-4-14(13)23-17(15)19-10-18-16/h5-10H,2-4H2,1H3,(H,18,19,21)/b20-9-. The van der Waals surface area contributed by atoms with E-state index in [2.05, 4.69) is 20.5 Å². The minimum atomic E-state index is 0.791. The van der Waals surface area contributed by atoms with Crippen LogP contribution in [0.15, 0.2) is 35.7 Å². The third-order valence-electron chi connectivity index (χ3n) is 4.00. The van der Waals surface area contributed by atoms with Gasteiger partial charge in [0.2, 0.25) is 0 Å². The molecule has 0 saturated carbocycles. The largest absolute Gasteiger partial charge is 0.497 e. The van der Waals surface area contributed by atoms with Crippen LogP contribution in [0.2, 0.25) is 0 Å². The van der Waals surface area contributed by atoms with Gasteiger partial charge in [0.05, 0.1) is 18.7 Å². The summed E-state index contributed by atoms with van der Waals surface area (Å²) in [5.74, 6) is 1.63. The summed E-state index contributed by atoms with van der Waals surface area (Å²) < 4.78 is 5.15. The van der Waals surface area contributed by atoms with Gasteiger partial charge in [-0.25, -0.2) is 9.97 Å². The van der Waals surface area contributed by atoms with Crippen molar-refractivity contribution in [3.63, 3.8) is 0 Å². The first-order chi connectivity index (χ1) is 11.3. The van der Waals surface area contributed by atoms with Crippen LogP contribution in [-0.4, -0.2) is 23.3 Å². The number of benzene rings is 1. The van der Waals surface area contributed by atoms with E-state index in [1.807, 2.05) is 24.3 Å². The molecule has 0 radical (unpaired) electrons. The van der Waals surface area contributed by atoms with E-state index in [1.54, 1.807) is 31.0 Å². The van der Waals surface area contributed by atoms with Crippen LogP contribution in [0.25, 0.3) is 10.2 Å². The van der Waals surface area contributed by atoms with E-state index in [4.69, 9.17) is 4.74 Å². The molecule has 23 heavy (non-hydrogen) atoms. The second kappa shape index (κ2) is 5.96. The molecular weight excluding hydrogens is 308 g/mol. The Bertz CT molecular complexity index is 870. The maximum Gasteiger partial charge on any atom is 0.158 e. The molecule has 0 fully saturated rings. The van der Waals surface area contributed by atoms with Crippen molar-refractivity contribution < 1.29 is 4.74 Å². The lowest BCUT2D eigenvalue weighted by Crippen LogP contribution is -1.96. The fourth-order valence-electron chi connectivity index (χ4n) is 2.87. The third-order valence-corrected chi connectivity index (χ3v) is 5.20. The Morgan fingerprint density at radius 3 is 2.91 bits per heavy atom. The van der Waals surface area contributed by atoms with E-state index < -0.39 is 0 Å². The number of hydrogen-bond acceptors (Lipinski definition) is 6. The molecule has 1 aliphatic rings. The van der Waals surface area contributed by atoms with E-state index in [9.17, 15) is 0 Å². The highest BCUT2D eigenvalue weighted by Gasteiger charge is 2.20. The molecule has 0 amide bonds. The second-order valence-electron chi connectivity index (χ2n) is 5.40. The van der Waals surface area contributed by atoms with E-state index in [0.717, 1.165) is 40.2 Å². The van der Waals surface area contributed by atoms with Crippen molar-refractivity contribution in [1.82, 2.24) is 9.97 Å². The van der Waals surface area contributed by atoms with Gasteiger partial charge in [0.1, 0.15) is 16.9 Å². The number of ether oxygens (including phenoxy) is 1. The van der Waals surface area contributed by atoms with Crippen molar-refractivity contribution in [3.8, 4) is 5.75 Å². The lowest BCUT2D eigenvalue weighted by molar-refractivity contribution is 0.415. The van der Waals surface area contributed by atoms with Crippen LogP contribution in [0, 0.1) is 0 Å². The minimum Gasteiger partial charge on any atom is -0.497 e. The molecule has 1 N–H and O–H groups in total. The topological polar surface area (TPSA) is 59.4 Å². The summed E-state index contributed by atoms with van der Waals surface area (Å²) in [5, 5.41) is 5.46. The molecule has 1 aliphatic carbocycles. The van der Waals surface area contributed by atoms with Crippen LogP contribution < -0.4 is 10.2 Å². The lowest BCUT2D eigenvalue weighted by atomic mass is 10.2. The third kappa shape index (κ3) is 2.66. The number of thiophene rings is 1. The van der Waals surface area contributed by atoms with Crippen LogP contribution in [0.1, 0.15) is 22.4 Å². The van der Waals surface area contributed by atoms with Crippen molar-refractivity contribution in [1.29, 1.82) is 0 Å². The molecule has 0 spiro atoms. The molecule has 3 aromatic rings. The zero-order valence-electron chi connectivity index (χ0n) is 12.7. The normalized spacial score (nSPS) is 13.6. The quantitative estimate of drug-likeness (QED) is 0.588. The smallest absolute Gasteiger partial charge is 0.158 e. The highest BCUT2D eigenvalue weighted by molar-refractivity contribution is 7.19. The summed E-state index contributed by atoms with van der Waals surface area (Å²) in [5.41, 5.74) is 5.47. The first kappa shape index (κ1) is 14.1. The molecule has 2 aromatic heterocycles. The zero-order valence-corrected chi connectivity index (χ0v) is 13.6. The molecule has 0 aliphatic heterocycles. The number of fused-ring (bicyclic) bond motifs is 3. The van der Waals surface area contributed by atoms with Gasteiger partial charge in [-0.05, 0) is 54.7 Å². The second-order valence-corrected chi connectivity index (χ2v) is 6.49. The van der Waals surface area contributed by atoms with Gasteiger partial charge >= 0.3 is 0 Å². The maximum atomic E-state index is 5.15. The summed E-state index contributed by atoms with van der Waals surface area (Å²) in [6.45, 7) is 0. The fraction of sp³-hybridized carbons (Fsp3) is 0.235. The highest BCUT2D eigenvalue weighted by Crippen LogP contribution is 2.38. The molecule has 2 heterocycles. The molecule has 0 saturated heterocycles. The van der Waals surface area contributed by atoms with Gasteiger partial charge in [0.15, 0.2) is 5.82 Å². The van der Waals surface area contributed by atoms with Crippen LogP contribution in [-0.2, 0) is 12.8 Å². The van der Waals surface area contributed by atoms with Gasteiger partial charge < -0.3 is 4.74 Å². The number of rotatable bonds is 4. The lowest BCUT2D eigenvalue weighted by Gasteiger charge is -2.03. The van der Waals surface area contributed by atoms with Crippen LogP contribution in [0.5, 0.6) is 5.75 Å². The predicted octanol–water partition coefficient (Wildman–Crippen LogP) is 3.63. The average molecular weight is 324 g/mol. The van der Waals surface area contributed by atoms with Crippen LogP contribution in [0.3, 0.4) is 0 Å². The molecule has 6 heteroatoms. The van der Waals surface area contributed by atoms with Gasteiger partial charge in [-0.2, -0.15) is 5.10 Å². The Kier molecular flexibility index (Phi) is 3.67. The molecule has 0 bridgehead atoms. The number of hydrazone groups is 1. The number of hydrogen-bond donors (Lipinski definition) is 1. The summed E-state index contributed by atoms with van der Waals surface area (Å²) >= 11 is 1.78. The SMILES string of the molecule is COc1ccc(/C=N\Nc2ncnc3sc4c(c23)CCC4)cc1. The molecule has 0 unspecified atom stereocenters. The van der Waals surface area contributed by atoms with Gasteiger partial charge in [0.25, 0.3) is 0 Å². The van der Waals surface area contributed by atoms with Crippen molar-refractivity contribution in [2.75, 3.05) is 12.5 Å². The molecular formula is C17H16N4OS. The number of nitrogens with zero attached hydrogens (tertiary/aromatic N) is 3. The number of aryl methyl sites for hydroxylation is 2. The van der Waals surface area contributed by atoms with Crippen LogP contribution in [0.4, 0.5) is 5.82 Å². The summed E-state index contributed by atoms with van der Waals surface area (Å²) in [6.07, 6.45) is 6.87. The summed E-state index contributed by atoms with van der Waals surface area (Å²) in [7, 11) is 1.66. The Morgan fingerprint density at radius 2 is 2.09 bits per heavy atom. The van der Waals surface area contributed by atoms with E-state index in [-0.39, 0.29) is 0 Å². The average Bonchev–Trinajstić information content (AvgIpc) is 3.16. The van der Waals surface area contributed by atoms with Gasteiger partial charge in [0, 0.05) is 4.88 Å². The summed E-state index contributed by atoms with van der Waals surface area (Å²) in [4.78, 5) is 11.3. The Balaban J connectivity index is 1.59. The van der Waals surface area contributed by atoms with Crippen LogP contribution >= 0.6 is 11.3 Å². The van der Waals surface area contributed by atoms with E-state index in [0.29, 0.717) is 0 Å². The molecule has 0 atom stereocenters. The van der Waals surface area contributed by atoms with Crippen molar-refractivity contribution in [2.24, 2.45) is 5.10 Å². The number of nitrogens with one attached hydrogen (secondary N) is 1. The van der Waals surface area contributed by atoms with Crippen molar-refractivity contribution in [3.05, 3.63) is 46.6 Å². The van der Waals surface area contributed by atoms with Gasteiger partial charge in [-0.15, -0.1) is 11.3 Å². The highest BCUT2D eigenvalue weighted by atomic mass is 32.1. The fourth-order valence-corrected chi connectivity index (χ4v) is 4.10. The first-order valence-corrected chi connectivity index (χ1v) is 8.35. The first-order valence-electron chi connectivity index (χ1n) is 7.53. The van der Waals surface area contributed by atoms with Gasteiger partial charge in [-0.3, -0.25) is 5.43 Å². The number of aromatic nitrogens is 2. The Hall–Kier alpha value is -2.47. The Morgan fingerprint density at radius 1 is 1.22 bits per heavy atom. The Labute approximate surface area is 138 Å². The molecule has 1 aromatic carbocycles. The molecule has 5 nitrogen and oxygen atoms in total. The zero-order chi connectivity index (χ0) is 15.6. The number of anilines is 1. The van der Waals surface area contributed by atoms with Gasteiger partial charge in [-0.1, -0.05) is 0 Å². The minimum absolute atomic E-state index is 0.791. The van der Waals surface area contributed by atoms with Crippen molar-refractivity contribution >= 4 is 33.6 Å². The van der Waals surface area contributed by atoms with E-state index in [1.165, 1.54) is 16.9 Å². The molecule has 116 valence electrons. The molecule has 4 rings (SSSR count). The monoisotopic (exact) mass is 324 g/mol. The maximum absolute atomic E-state index is 5.15.